The molecule has 1 saturated heterocycles. The van der Waals surface area contributed by atoms with Gasteiger partial charge in [0.05, 0.1) is 25.4 Å². The molecule has 186 valence electrons. The minimum atomic E-state index is -0.409. The summed E-state index contributed by atoms with van der Waals surface area (Å²) in [6.07, 6.45) is 4.47. The fraction of sp³-hybridized carbons (Fsp3) is 0.259. The molecule has 0 bridgehead atoms. The Labute approximate surface area is 218 Å². The summed E-state index contributed by atoms with van der Waals surface area (Å²) >= 11 is 8.03. The van der Waals surface area contributed by atoms with Crippen molar-refractivity contribution in [2.75, 3.05) is 13.7 Å². The van der Waals surface area contributed by atoms with Crippen LogP contribution in [0.3, 0.4) is 0 Å². The lowest BCUT2D eigenvalue weighted by Gasteiger charge is -2.24. The Morgan fingerprint density at radius 3 is 2.78 bits per heavy atom. The summed E-state index contributed by atoms with van der Waals surface area (Å²) in [5.41, 5.74) is 2.02. The second-order valence-electron chi connectivity index (χ2n) is 8.71. The highest BCUT2D eigenvalue weighted by molar-refractivity contribution is 8.00. The van der Waals surface area contributed by atoms with Gasteiger partial charge in [0.1, 0.15) is 17.2 Å². The molecule has 2 aromatic carbocycles. The SMILES string of the molecule is COc1ccc(S[C@@H]2C[C@@H](C(=O)NCc3cn4ccccc4n3)N(Cc3c(F)cccc3Cl)C2)cc1. The predicted molar refractivity (Wildman–Crippen MR) is 140 cm³/mol. The maximum absolute atomic E-state index is 14.6. The van der Waals surface area contributed by atoms with E-state index in [0.717, 1.165) is 22.0 Å². The van der Waals surface area contributed by atoms with E-state index >= 15 is 0 Å². The summed E-state index contributed by atoms with van der Waals surface area (Å²) < 4.78 is 21.8. The van der Waals surface area contributed by atoms with E-state index in [4.69, 9.17) is 16.3 Å². The third kappa shape index (κ3) is 5.51. The van der Waals surface area contributed by atoms with E-state index < -0.39 is 6.04 Å². The smallest absolute Gasteiger partial charge is 0.237 e. The van der Waals surface area contributed by atoms with Gasteiger partial charge >= 0.3 is 0 Å². The van der Waals surface area contributed by atoms with E-state index in [1.807, 2.05) is 64.2 Å². The Balaban J connectivity index is 1.31. The highest BCUT2D eigenvalue weighted by Gasteiger charge is 2.37. The molecule has 2 aromatic heterocycles. The van der Waals surface area contributed by atoms with Crippen LogP contribution < -0.4 is 10.1 Å². The van der Waals surface area contributed by atoms with Gasteiger partial charge in [-0.1, -0.05) is 23.7 Å². The van der Waals surface area contributed by atoms with E-state index in [1.165, 1.54) is 6.07 Å². The standard InChI is InChI=1S/C27H26ClFN4O2S/c1-35-19-8-10-20(11-9-19)36-21-13-25(33(16-21)17-22-23(28)5-4-6-24(22)29)27(34)30-14-18-15-32-12-3-2-7-26(32)31-18/h2-12,15,21,25H,13-14,16-17H2,1H3,(H,30,34)/t21-,25+/m1/s1. The van der Waals surface area contributed by atoms with Crippen molar-refractivity contribution in [2.45, 2.75) is 35.7 Å². The summed E-state index contributed by atoms with van der Waals surface area (Å²) in [7, 11) is 1.64. The van der Waals surface area contributed by atoms with Crippen LogP contribution in [-0.2, 0) is 17.9 Å². The number of pyridine rings is 1. The molecule has 0 aliphatic carbocycles. The first-order chi connectivity index (χ1) is 17.5. The van der Waals surface area contributed by atoms with Crippen LogP contribution in [0.1, 0.15) is 17.7 Å². The topological polar surface area (TPSA) is 58.9 Å². The first kappa shape index (κ1) is 24.6. The molecule has 4 aromatic rings. The van der Waals surface area contributed by atoms with Crippen molar-refractivity contribution in [2.24, 2.45) is 0 Å². The number of amides is 1. The van der Waals surface area contributed by atoms with Crippen molar-refractivity contribution in [3.63, 3.8) is 0 Å². The van der Waals surface area contributed by atoms with Gasteiger partial charge in [0, 0.05) is 46.2 Å². The number of carbonyl (C=O) groups is 1. The summed E-state index contributed by atoms with van der Waals surface area (Å²) in [5, 5.41) is 3.57. The molecule has 36 heavy (non-hydrogen) atoms. The van der Waals surface area contributed by atoms with Gasteiger partial charge in [0.2, 0.25) is 5.91 Å². The van der Waals surface area contributed by atoms with Crippen LogP contribution in [0.2, 0.25) is 5.02 Å². The van der Waals surface area contributed by atoms with Crippen molar-refractivity contribution >= 4 is 34.9 Å². The van der Waals surface area contributed by atoms with Crippen molar-refractivity contribution < 1.29 is 13.9 Å². The van der Waals surface area contributed by atoms with Crippen LogP contribution in [0.4, 0.5) is 4.39 Å². The molecule has 2 atom stereocenters. The molecule has 3 heterocycles. The third-order valence-electron chi connectivity index (χ3n) is 6.31. The van der Waals surface area contributed by atoms with Crippen LogP contribution in [0.15, 0.2) is 78.0 Å². The van der Waals surface area contributed by atoms with Crippen molar-refractivity contribution in [3.8, 4) is 5.75 Å². The average molecular weight is 525 g/mol. The third-order valence-corrected chi connectivity index (χ3v) is 7.88. The van der Waals surface area contributed by atoms with E-state index in [9.17, 15) is 9.18 Å². The second kappa shape index (κ2) is 10.9. The molecule has 0 spiro atoms. The van der Waals surface area contributed by atoms with Crippen molar-refractivity contribution in [1.29, 1.82) is 0 Å². The number of nitrogens with one attached hydrogen (secondary N) is 1. The summed E-state index contributed by atoms with van der Waals surface area (Å²) in [6, 6.07) is 17.9. The zero-order chi connectivity index (χ0) is 25.1. The largest absolute Gasteiger partial charge is 0.497 e. The number of halogens is 2. The van der Waals surface area contributed by atoms with E-state index in [0.29, 0.717) is 30.1 Å². The second-order valence-corrected chi connectivity index (χ2v) is 10.5. The number of fused-ring (bicyclic) bond motifs is 1. The van der Waals surface area contributed by atoms with Gasteiger partial charge in [-0.2, -0.15) is 0 Å². The van der Waals surface area contributed by atoms with Crippen LogP contribution in [0.25, 0.3) is 5.65 Å². The Morgan fingerprint density at radius 2 is 2.03 bits per heavy atom. The molecule has 1 amide bonds. The molecular weight excluding hydrogens is 499 g/mol. The molecule has 0 radical (unpaired) electrons. The molecular formula is C27H26ClFN4O2S. The van der Waals surface area contributed by atoms with Crippen LogP contribution in [0.5, 0.6) is 5.75 Å². The van der Waals surface area contributed by atoms with Crippen LogP contribution in [0, 0.1) is 5.82 Å². The molecule has 1 aliphatic rings. The lowest BCUT2D eigenvalue weighted by Crippen LogP contribution is -2.42. The van der Waals surface area contributed by atoms with Crippen LogP contribution in [-0.4, -0.2) is 45.1 Å². The number of aromatic nitrogens is 2. The van der Waals surface area contributed by atoms with E-state index in [1.54, 1.807) is 31.0 Å². The number of nitrogens with zero attached hydrogens (tertiary/aromatic N) is 3. The maximum atomic E-state index is 14.6. The lowest BCUT2D eigenvalue weighted by molar-refractivity contribution is -0.125. The van der Waals surface area contributed by atoms with Gasteiger partial charge in [-0.3, -0.25) is 9.69 Å². The molecule has 1 N–H and O–H groups in total. The zero-order valence-corrected chi connectivity index (χ0v) is 21.3. The number of likely N-dealkylation sites (tertiary alicyclic amines) is 1. The number of methoxy groups -OCH3 is 1. The molecule has 1 aliphatic heterocycles. The monoisotopic (exact) mass is 524 g/mol. The first-order valence-corrected chi connectivity index (χ1v) is 12.9. The number of thioether (sulfide) groups is 1. The Hall–Kier alpha value is -3.07. The average Bonchev–Trinajstić information content (AvgIpc) is 3.49. The van der Waals surface area contributed by atoms with E-state index in [2.05, 4.69) is 10.3 Å². The van der Waals surface area contributed by atoms with Crippen LogP contribution >= 0.6 is 23.4 Å². The van der Waals surface area contributed by atoms with Gasteiger partial charge in [0.25, 0.3) is 0 Å². The number of carbonyl (C=O) groups excluding carboxylic acids is 1. The molecule has 0 unspecified atom stereocenters. The van der Waals surface area contributed by atoms with E-state index in [-0.39, 0.29) is 23.5 Å². The van der Waals surface area contributed by atoms with Crippen molar-refractivity contribution in [3.05, 3.63) is 95.2 Å². The lowest BCUT2D eigenvalue weighted by atomic mass is 10.1. The molecule has 5 rings (SSSR count). The quantitative estimate of drug-likeness (QED) is 0.344. The number of benzene rings is 2. The summed E-state index contributed by atoms with van der Waals surface area (Å²) in [6.45, 7) is 1.22. The fourth-order valence-electron chi connectivity index (χ4n) is 4.50. The fourth-order valence-corrected chi connectivity index (χ4v) is 5.94. The minimum absolute atomic E-state index is 0.0997. The Kier molecular flexibility index (Phi) is 7.46. The number of hydrogen-bond donors (Lipinski definition) is 1. The number of hydrogen-bond acceptors (Lipinski definition) is 5. The highest BCUT2D eigenvalue weighted by atomic mass is 35.5. The Morgan fingerprint density at radius 1 is 1.19 bits per heavy atom. The van der Waals surface area contributed by atoms with Gasteiger partial charge in [-0.05, 0) is 55.0 Å². The van der Waals surface area contributed by atoms with Gasteiger partial charge < -0.3 is 14.5 Å². The Bertz CT molecular complexity index is 1310. The first-order valence-electron chi connectivity index (χ1n) is 11.7. The minimum Gasteiger partial charge on any atom is -0.497 e. The normalized spacial score (nSPS) is 18.0. The summed E-state index contributed by atoms with van der Waals surface area (Å²) in [5.74, 6) is 0.334. The van der Waals surface area contributed by atoms with Gasteiger partial charge in [-0.15, -0.1) is 11.8 Å². The number of ether oxygens (including phenoxy) is 1. The molecule has 0 saturated carbocycles. The predicted octanol–water partition coefficient (Wildman–Crippen LogP) is 5.19. The molecule has 9 heteroatoms. The maximum Gasteiger partial charge on any atom is 0.237 e. The zero-order valence-electron chi connectivity index (χ0n) is 19.7. The molecule has 1 fully saturated rings. The summed E-state index contributed by atoms with van der Waals surface area (Å²) in [4.78, 5) is 21.0. The van der Waals surface area contributed by atoms with Gasteiger partial charge in [0.15, 0.2) is 0 Å². The van der Waals surface area contributed by atoms with Crippen molar-refractivity contribution in [1.82, 2.24) is 19.6 Å². The number of imidazole rings is 1. The van der Waals surface area contributed by atoms with Gasteiger partial charge in [-0.25, -0.2) is 9.37 Å². The number of rotatable bonds is 8. The highest BCUT2D eigenvalue weighted by Crippen LogP contribution is 2.35. The molecule has 6 nitrogen and oxygen atoms in total.